The van der Waals surface area contributed by atoms with E-state index in [2.05, 4.69) is 15.9 Å². The Balaban J connectivity index is 1.97. The molecule has 0 spiro atoms. The number of aromatic nitrogens is 1. The quantitative estimate of drug-likeness (QED) is 0.477. The number of nitrogens with zero attached hydrogens (tertiary/aromatic N) is 1. The molecule has 0 bridgehead atoms. The molecular weight excluding hydrogens is 490 g/mol. The fourth-order valence-corrected chi connectivity index (χ4v) is 4.29. The number of ether oxygens (including phenoxy) is 2. The standard InChI is InChI=1S/C25H26BrNO4S/c1-25(2,3)22(28)16-23-27(12-13-31-20-7-5-6-18(26)15-20)24(29)21(32-23)14-17-8-10-19(30-4)11-9-17/h5-11,14-16H,12-13H2,1-4H3/b21-14+,23-16-. The van der Waals surface area contributed by atoms with Gasteiger partial charge in [0.15, 0.2) is 5.78 Å². The second kappa shape index (κ2) is 10.3. The zero-order valence-corrected chi connectivity index (χ0v) is 21.0. The molecule has 0 aliphatic carbocycles. The normalized spacial score (nSPS) is 12.8. The number of ketones is 1. The SMILES string of the molecule is COc1ccc(/C=c2/s/c(=C\C(=O)C(C)(C)C)n(CCOc3cccc(Br)c3)c2=O)cc1. The van der Waals surface area contributed by atoms with Crippen molar-refractivity contribution < 1.29 is 14.3 Å². The highest BCUT2D eigenvalue weighted by Gasteiger charge is 2.19. The molecule has 1 aromatic heterocycles. The van der Waals surface area contributed by atoms with Crippen LogP contribution in [-0.4, -0.2) is 24.1 Å². The third-order valence-electron chi connectivity index (χ3n) is 4.72. The average Bonchev–Trinajstić information content (AvgIpc) is 3.02. The molecule has 0 saturated heterocycles. The van der Waals surface area contributed by atoms with Crippen molar-refractivity contribution >= 4 is 45.2 Å². The first-order valence-electron chi connectivity index (χ1n) is 10.2. The van der Waals surface area contributed by atoms with Gasteiger partial charge in [0.2, 0.25) is 0 Å². The summed E-state index contributed by atoms with van der Waals surface area (Å²) in [6.45, 7) is 6.23. The van der Waals surface area contributed by atoms with E-state index in [0.717, 1.165) is 15.8 Å². The number of carbonyl (C=O) groups is 1. The van der Waals surface area contributed by atoms with Gasteiger partial charge < -0.3 is 9.47 Å². The van der Waals surface area contributed by atoms with Gasteiger partial charge in [-0.1, -0.05) is 54.9 Å². The Labute approximate surface area is 199 Å². The van der Waals surface area contributed by atoms with Crippen molar-refractivity contribution in [2.75, 3.05) is 13.7 Å². The second-order valence-corrected chi connectivity index (χ2v) is 10.2. The predicted octanol–water partition coefficient (Wildman–Crippen LogP) is 3.98. The molecule has 0 atom stereocenters. The van der Waals surface area contributed by atoms with Gasteiger partial charge in [-0.3, -0.25) is 14.2 Å². The van der Waals surface area contributed by atoms with Crippen LogP contribution in [0.4, 0.5) is 0 Å². The summed E-state index contributed by atoms with van der Waals surface area (Å²) in [6, 6.07) is 15.0. The van der Waals surface area contributed by atoms with Gasteiger partial charge in [-0.2, -0.15) is 0 Å². The first-order chi connectivity index (χ1) is 15.2. The zero-order chi connectivity index (χ0) is 23.3. The minimum Gasteiger partial charge on any atom is -0.497 e. The lowest BCUT2D eigenvalue weighted by atomic mass is 9.91. The maximum atomic E-state index is 13.2. The van der Waals surface area contributed by atoms with Crippen molar-refractivity contribution in [3.05, 3.63) is 78.1 Å². The van der Waals surface area contributed by atoms with Crippen LogP contribution in [0.25, 0.3) is 12.2 Å². The summed E-state index contributed by atoms with van der Waals surface area (Å²) in [5.41, 5.74) is 0.212. The van der Waals surface area contributed by atoms with E-state index in [1.807, 2.05) is 75.4 Å². The Hall–Kier alpha value is -2.64. The van der Waals surface area contributed by atoms with E-state index in [1.165, 1.54) is 11.3 Å². The molecule has 2 aromatic carbocycles. The van der Waals surface area contributed by atoms with Crippen LogP contribution in [0.2, 0.25) is 0 Å². The predicted molar refractivity (Wildman–Crippen MR) is 133 cm³/mol. The van der Waals surface area contributed by atoms with Gasteiger partial charge >= 0.3 is 0 Å². The Morgan fingerprint density at radius 2 is 1.84 bits per heavy atom. The molecule has 168 valence electrons. The summed E-state index contributed by atoms with van der Waals surface area (Å²) in [4.78, 5) is 25.8. The van der Waals surface area contributed by atoms with Crippen LogP contribution in [0, 0.1) is 5.41 Å². The van der Waals surface area contributed by atoms with Crippen LogP contribution in [0.15, 0.2) is 57.8 Å². The molecule has 0 aliphatic heterocycles. The van der Waals surface area contributed by atoms with E-state index in [9.17, 15) is 9.59 Å². The van der Waals surface area contributed by atoms with Gasteiger partial charge in [-0.05, 0) is 42.0 Å². The molecule has 0 fully saturated rings. The maximum Gasteiger partial charge on any atom is 0.269 e. The van der Waals surface area contributed by atoms with Crippen molar-refractivity contribution in [2.45, 2.75) is 27.3 Å². The number of halogens is 1. The lowest BCUT2D eigenvalue weighted by Crippen LogP contribution is -2.34. The van der Waals surface area contributed by atoms with Crippen LogP contribution in [-0.2, 0) is 11.3 Å². The third-order valence-corrected chi connectivity index (χ3v) is 6.28. The van der Waals surface area contributed by atoms with E-state index in [-0.39, 0.29) is 11.3 Å². The molecule has 0 aliphatic rings. The lowest BCUT2D eigenvalue weighted by molar-refractivity contribution is -0.120. The molecule has 1 heterocycles. The number of rotatable bonds is 7. The van der Waals surface area contributed by atoms with Crippen molar-refractivity contribution in [1.82, 2.24) is 4.57 Å². The van der Waals surface area contributed by atoms with Crippen LogP contribution < -0.4 is 24.2 Å². The van der Waals surface area contributed by atoms with Crippen LogP contribution in [0.1, 0.15) is 26.3 Å². The highest BCUT2D eigenvalue weighted by molar-refractivity contribution is 9.10. The molecule has 3 aromatic rings. The number of carbonyl (C=O) groups excluding carboxylic acids is 1. The minimum atomic E-state index is -0.530. The lowest BCUT2D eigenvalue weighted by Gasteiger charge is -2.13. The van der Waals surface area contributed by atoms with E-state index in [0.29, 0.717) is 28.1 Å². The number of thiazole rings is 1. The summed E-state index contributed by atoms with van der Waals surface area (Å²) in [5, 5.41) is 0. The van der Waals surface area contributed by atoms with E-state index in [4.69, 9.17) is 9.47 Å². The Morgan fingerprint density at radius 3 is 2.47 bits per heavy atom. The van der Waals surface area contributed by atoms with Crippen molar-refractivity contribution in [1.29, 1.82) is 0 Å². The molecule has 0 unspecified atom stereocenters. The summed E-state index contributed by atoms with van der Waals surface area (Å²) in [7, 11) is 1.61. The Morgan fingerprint density at radius 1 is 1.12 bits per heavy atom. The smallest absolute Gasteiger partial charge is 0.269 e. The second-order valence-electron chi connectivity index (χ2n) is 8.24. The Bertz CT molecular complexity index is 1270. The number of hydrogen-bond acceptors (Lipinski definition) is 5. The number of Topliss-reactive ketones (excluding diaryl/α,β-unsaturated/α-hetero) is 1. The minimum absolute atomic E-state index is 0.0311. The number of methoxy groups -OCH3 is 1. The topological polar surface area (TPSA) is 57.5 Å². The maximum absolute atomic E-state index is 13.2. The van der Waals surface area contributed by atoms with Crippen molar-refractivity contribution in [3.8, 4) is 11.5 Å². The molecule has 0 radical (unpaired) electrons. The van der Waals surface area contributed by atoms with Gasteiger partial charge in [-0.25, -0.2) is 0 Å². The Kier molecular flexibility index (Phi) is 7.74. The number of benzene rings is 2. The van der Waals surface area contributed by atoms with Crippen molar-refractivity contribution in [2.24, 2.45) is 5.41 Å². The average molecular weight is 516 g/mol. The zero-order valence-electron chi connectivity index (χ0n) is 18.6. The van der Waals surface area contributed by atoms with Crippen molar-refractivity contribution in [3.63, 3.8) is 0 Å². The molecule has 5 nitrogen and oxygen atoms in total. The van der Waals surface area contributed by atoms with Gasteiger partial charge in [0.1, 0.15) is 22.8 Å². The van der Waals surface area contributed by atoms with Gasteiger partial charge in [0.25, 0.3) is 5.56 Å². The molecule has 0 amide bonds. The summed E-state index contributed by atoms with van der Waals surface area (Å²) < 4.78 is 14.7. The summed E-state index contributed by atoms with van der Waals surface area (Å²) in [6.07, 6.45) is 3.40. The van der Waals surface area contributed by atoms with Crippen LogP contribution in [0.3, 0.4) is 0 Å². The van der Waals surface area contributed by atoms with E-state index < -0.39 is 5.41 Å². The molecule has 0 saturated carbocycles. The highest BCUT2D eigenvalue weighted by Crippen LogP contribution is 2.18. The molecule has 3 rings (SSSR count). The highest BCUT2D eigenvalue weighted by atomic mass is 79.9. The summed E-state index contributed by atoms with van der Waals surface area (Å²) >= 11 is 4.73. The molecule has 7 heteroatoms. The van der Waals surface area contributed by atoms with Crippen LogP contribution >= 0.6 is 27.3 Å². The monoisotopic (exact) mass is 515 g/mol. The third kappa shape index (κ3) is 6.20. The van der Waals surface area contributed by atoms with Gasteiger partial charge in [0.05, 0.1) is 18.2 Å². The molecular formula is C25H26BrNO4S. The van der Waals surface area contributed by atoms with Gasteiger partial charge in [-0.15, -0.1) is 11.3 Å². The first-order valence-corrected chi connectivity index (χ1v) is 11.8. The van der Waals surface area contributed by atoms with E-state index >= 15 is 0 Å². The van der Waals surface area contributed by atoms with E-state index in [1.54, 1.807) is 17.8 Å². The largest absolute Gasteiger partial charge is 0.497 e. The van der Waals surface area contributed by atoms with Gasteiger partial charge in [0, 0.05) is 16.0 Å². The number of hydrogen-bond donors (Lipinski definition) is 0. The fraction of sp³-hybridized carbons (Fsp3) is 0.280. The fourth-order valence-electron chi connectivity index (χ4n) is 2.85. The molecule has 32 heavy (non-hydrogen) atoms. The molecule has 0 N–H and O–H groups in total. The first kappa shape index (κ1) is 24.0. The van der Waals surface area contributed by atoms with Crippen LogP contribution in [0.5, 0.6) is 11.5 Å². The summed E-state index contributed by atoms with van der Waals surface area (Å²) in [5.74, 6) is 1.43.